The van der Waals surface area contributed by atoms with E-state index >= 15 is 0 Å². The topological polar surface area (TPSA) is 100 Å². The van der Waals surface area contributed by atoms with Crippen molar-refractivity contribution in [1.82, 2.24) is 31.9 Å². The maximum absolute atomic E-state index is 7.44. The summed E-state index contributed by atoms with van der Waals surface area (Å²) in [6, 6.07) is 0. The minimum atomic E-state index is -0.0949. The summed E-state index contributed by atoms with van der Waals surface area (Å²) in [4.78, 5) is 2.63. The molecule has 299 valence electrons. The number of hydrogen-bond donors (Lipinski definition) is 6. The molecule has 0 spiro atoms. The molecule has 0 amide bonds. The van der Waals surface area contributed by atoms with Crippen LogP contribution in [0.1, 0.15) is 32.1 Å². The molecule has 4 aliphatic carbocycles. The number of nitrogens with zero attached hydrogens (tertiary/aromatic N) is 2. The molecular weight excluding hydrogens is 1350 g/mol. The van der Waals surface area contributed by atoms with Gasteiger partial charge in [0.15, 0.2) is 0 Å². The van der Waals surface area contributed by atoms with Crippen molar-refractivity contribution < 1.29 is 17.1 Å². The van der Waals surface area contributed by atoms with Gasteiger partial charge in [0.2, 0.25) is 0 Å². The number of halogens is 11. The first kappa shape index (κ1) is 43.7. The number of alkyl halides is 11. The smallest absolute Gasteiger partial charge is 0.632 e. The molecule has 6 N–H and O–H groups in total. The molecule has 5 saturated heterocycles. The number of rotatable bonds is 0. The summed E-state index contributed by atoms with van der Waals surface area (Å²) in [6.45, 7) is 0. The average molecular weight is 1390 g/mol. The van der Waals surface area contributed by atoms with Crippen LogP contribution in [0.2, 0.25) is 0 Å². The molecule has 8 bridgehead atoms. The maximum Gasteiger partial charge on any atom is 2.00 e. The first-order valence-electron chi connectivity index (χ1n) is 18.3. The summed E-state index contributed by atoms with van der Waals surface area (Å²) in [5.41, 5.74) is 0. The zero-order valence-electron chi connectivity index (χ0n) is 27.5. The Hall–Kier alpha value is 5.10. The maximum atomic E-state index is 7.44. The Morgan fingerprint density at radius 3 is 1.37 bits per heavy atom. The van der Waals surface area contributed by atoms with Crippen LogP contribution in [0.25, 0.3) is 10.6 Å². The second-order valence-electron chi connectivity index (χ2n) is 16.5. The van der Waals surface area contributed by atoms with E-state index in [4.69, 9.17) is 33.8 Å². The monoisotopic (exact) mass is 1380 g/mol. The van der Waals surface area contributed by atoms with Gasteiger partial charge in [0, 0.05) is 55.3 Å². The third-order valence-corrected chi connectivity index (χ3v) is 28.9. The van der Waals surface area contributed by atoms with Gasteiger partial charge in [0.1, 0.15) is 0 Å². The van der Waals surface area contributed by atoms with E-state index in [1.807, 2.05) is 0 Å². The summed E-state index contributed by atoms with van der Waals surface area (Å²) < 4.78 is 0. The quantitative estimate of drug-likeness (QED) is 0.109. The Balaban J connectivity index is 0.00000387. The van der Waals surface area contributed by atoms with E-state index in [-0.39, 0.29) is 119 Å². The van der Waals surface area contributed by atoms with Gasteiger partial charge >= 0.3 is 17.1 Å². The number of hydrogen-bond acceptors (Lipinski definition) is 6. The van der Waals surface area contributed by atoms with Crippen LogP contribution in [-0.2, 0) is 17.1 Å². The van der Waals surface area contributed by atoms with Crippen molar-refractivity contribution in [2.24, 2.45) is 47.3 Å². The minimum absolute atomic E-state index is 0. The fourth-order valence-electron chi connectivity index (χ4n) is 11.5. The van der Waals surface area contributed by atoms with E-state index in [2.05, 4.69) is 175 Å². The van der Waals surface area contributed by atoms with Crippen LogP contribution in [0.3, 0.4) is 0 Å². The molecule has 27 unspecified atom stereocenters. The summed E-state index contributed by atoms with van der Waals surface area (Å²) in [7, 11) is 0. The van der Waals surface area contributed by atoms with Gasteiger partial charge in [0.05, 0.1) is 35.4 Å². The standard InChI is InChI=1S/C32H43Br9Cl2N8.Cu/c33-11-1-6-7(2-12(11)34)26-44-25(6)45-28-10-5-15(37)21(40)24(43)18(10)32(50-28)51-30-16-8(3-13(35)19(38)22(16)41)27(48-30)46-29-9-4-14(36)20(39)23(42)17(9)31(47-26)49-29;/h6-32,45-48,50-51H,1-5H2;/q-2;+2. The van der Waals surface area contributed by atoms with Crippen molar-refractivity contribution in [2.45, 2.75) is 136 Å². The van der Waals surface area contributed by atoms with Gasteiger partial charge in [-0.2, -0.15) is 0 Å². The van der Waals surface area contributed by atoms with E-state index in [1.54, 1.807) is 0 Å². The van der Waals surface area contributed by atoms with Gasteiger partial charge in [-0.1, -0.05) is 168 Å². The Labute approximate surface area is 403 Å². The fraction of sp³-hybridized carbons (Fsp3) is 1.00. The zero-order chi connectivity index (χ0) is 35.8. The van der Waals surface area contributed by atoms with E-state index in [0.29, 0.717) is 48.9 Å². The van der Waals surface area contributed by atoms with Crippen LogP contribution in [0.15, 0.2) is 0 Å². The summed E-state index contributed by atoms with van der Waals surface area (Å²) in [5.74, 6) is 2.52. The van der Waals surface area contributed by atoms with Crippen LogP contribution in [0.4, 0.5) is 0 Å². The molecule has 9 aliphatic rings. The van der Waals surface area contributed by atoms with Crippen molar-refractivity contribution in [3.63, 3.8) is 0 Å². The third kappa shape index (κ3) is 7.66. The molecular formula is C32H43Br9Cl2CuN8. The van der Waals surface area contributed by atoms with Crippen LogP contribution in [0.5, 0.6) is 0 Å². The van der Waals surface area contributed by atoms with Crippen molar-refractivity contribution in [3.8, 4) is 0 Å². The van der Waals surface area contributed by atoms with Gasteiger partial charge < -0.3 is 26.6 Å². The molecule has 52 heavy (non-hydrogen) atoms. The average Bonchev–Trinajstić information content (AvgIpc) is 3.80. The molecule has 9 rings (SSSR count). The van der Waals surface area contributed by atoms with Crippen molar-refractivity contribution in [3.05, 3.63) is 10.6 Å². The van der Waals surface area contributed by atoms with Gasteiger partial charge in [0.25, 0.3) is 0 Å². The summed E-state index contributed by atoms with van der Waals surface area (Å²) >= 11 is 51.2. The molecule has 27 atom stereocenters. The van der Waals surface area contributed by atoms with E-state index < -0.39 is 0 Å². The van der Waals surface area contributed by atoms with E-state index in [0.717, 1.165) is 32.1 Å². The molecule has 8 nitrogen and oxygen atoms in total. The molecule has 0 aromatic rings. The third-order valence-electron chi connectivity index (χ3n) is 13.9. The van der Waals surface area contributed by atoms with E-state index in [9.17, 15) is 0 Å². The Kier molecular flexibility index (Phi) is 14.6. The number of nitrogens with one attached hydrogen (secondary N) is 6. The first-order chi connectivity index (χ1) is 24.3. The van der Waals surface area contributed by atoms with Crippen LogP contribution < -0.4 is 31.9 Å². The van der Waals surface area contributed by atoms with Gasteiger partial charge in [-0.3, -0.25) is 16.0 Å². The minimum Gasteiger partial charge on any atom is -0.632 e. The Bertz CT molecular complexity index is 1310. The molecule has 0 aromatic heterocycles. The van der Waals surface area contributed by atoms with Crippen molar-refractivity contribution in [1.29, 1.82) is 0 Å². The van der Waals surface area contributed by atoms with Gasteiger partial charge in [-0.25, -0.2) is 0 Å². The first-order valence-corrected chi connectivity index (χ1v) is 27.4. The molecule has 9 fully saturated rings. The van der Waals surface area contributed by atoms with Crippen LogP contribution >= 0.6 is 167 Å². The molecule has 5 aliphatic heterocycles. The Morgan fingerprint density at radius 1 is 0.365 bits per heavy atom. The van der Waals surface area contributed by atoms with Crippen LogP contribution in [0, 0.1) is 47.3 Å². The number of fused-ring (bicyclic) bond motifs is 20. The molecule has 5 heterocycles. The fourth-order valence-corrected chi connectivity index (χ4v) is 19.6. The van der Waals surface area contributed by atoms with Gasteiger partial charge in [-0.15, -0.1) is 23.2 Å². The van der Waals surface area contributed by atoms with E-state index in [1.165, 1.54) is 0 Å². The second-order valence-corrected chi connectivity index (χ2v) is 27.6. The normalized spacial score (nSPS) is 62.7. The molecule has 20 heteroatoms. The predicted molar refractivity (Wildman–Crippen MR) is 241 cm³/mol. The second kappa shape index (κ2) is 17.3. The molecule has 4 saturated carbocycles. The summed E-state index contributed by atoms with van der Waals surface area (Å²) in [6.07, 6.45) is 5.27. The zero-order valence-corrected chi connectivity index (χ0v) is 44.2. The molecule has 1 radical (unpaired) electrons. The van der Waals surface area contributed by atoms with Crippen molar-refractivity contribution in [2.75, 3.05) is 0 Å². The van der Waals surface area contributed by atoms with Gasteiger partial charge in [-0.05, 0) is 67.6 Å². The Morgan fingerprint density at radius 2 is 0.769 bits per heavy atom. The SMILES string of the molecule is ClC1C(Br)C(Br)CC2C3[N-]C(NC4[N-]C(NC5NC(NC6NC(N3)C3CC(Br)C(Br)C(Br)C63)C3C(Cl)C(Br)C(Br)CC53)C3CC(Br)C(Br)CC43)C12.[Cu+2]. The van der Waals surface area contributed by atoms with Crippen LogP contribution in [-0.4, -0.2) is 104 Å². The van der Waals surface area contributed by atoms with Crippen molar-refractivity contribution >= 4 is 167 Å². The largest absolute Gasteiger partial charge is 2.00 e. The summed E-state index contributed by atoms with van der Waals surface area (Å²) in [5, 5.41) is 35.9. The molecule has 0 aromatic carbocycles. The predicted octanol–water partition coefficient (Wildman–Crippen LogP) is 7.97.